The third-order valence-corrected chi connectivity index (χ3v) is 1.75. The maximum Gasteiger partial charge on any atom is 0.178 e. The van der Waals surface area contributed by atoms with E-state index in [-0.39, 0.29) is 6.61 Å². The highest BCUT2D eigenvalue weighted by Crippen LogP contribution is 2.11. The van der Waals surface area contributed by atoms with Gasteiger partial charge in [0, 0.05) is 6.61 Å². The molecule has 5 nitrogen and oxygen atoms in total. The zero-order valence-electron chi connectivity index (χ0n) is 8.34. The summed E-state index contributed by atoms with van der Waals surface area (Å²) in [4.78, 5) is 4.61. The fourth-order valence-corrected chi connectivity index (χ4v) is 1.15. The zero-order chi connectivity index (χ0) is 10.4. The number of ether oxygens (including phenoxy) is 2. The SMILES string of the molecule is CCOC1C=CC(=NOC)C(CO)O1. The Bertz CT molecular complexity index is 227. The first-order valence-electron chi connectivity index (χ1n) is 4.49. The third kappa shape index (κ3) is 2.80. The molecule has 0 aromatic carbocycles. The number of nitrogens with zero attached hydrogens (tertiary/aromatic N) is 1. The molecule has 0 saturated carbocycles. The average Bonchev–Trinajstić information content (AvgIpc) is 2.21. The van der Waals surface area contributed by atoms with Crippen molar-refractivity contribution in [2.24, 2.45) is 5.16 Å². The van der Waals surface area contributed by atoms with E-state index in [2.05, 4.69) is 9.99 Å². The smallest absolute Gasteiger partial charge is 0.178 e. The molecule has 0 saturated heterocycles. The Morgan fingerprint density at radius 2 is 2.43 bits per heavy atom. The van der Waals surface area contributed by atoms with Crippen molar-refractivity contribution in [1.29, 1.82) is 0 Å². The molecule has 0 amide bonds. The molecule has 5 heteroatoms. The maximum atomic E-state index is 9.02. The van der Waals surface area contributed by atoms with Gasteiger partial charge in [-0.1, -0.05) is 5.16 Å². The van der Waals surface area contributed by atoms with E-state index in [1.54, 1.807) is 12.2 Å². The van der Waals surface area contributed by atoms with Crippen LogP contribution in [0.2, 0.25) is 0 Å². The van der Waals surface area contributed by atoms with Crippen LogP contribution >= 0.6 is 0 Å². The number of rotatable bonds is 4. The van der Waals surface area contributed by atoms with E-state index in [4.69, 9.17) is 14.6 Å². The predicted molar refractivity (Wildman–Crippen MR) is 51.0 cm³/mol. The number of hydrogen-bond acceptors (Lipinski definition) is 5. The Balaban J connectivity index is 2.64. The third-order valence-electron chi connectivity index (χ3n) is 1.75. The number of hydrogen-bond donors (Lipinski definition) is 1. The van der Waals surface area contributed by atoms with Crippen LogP contribution in [0.25, 0.3) is 0 Å². The van der Waals surface area contributed by atoms with Crippen LogP contribution in [0.15, 0.2) is 17.3 Å². The van der Waals surface area contributed by atoms with E-state index in [9.17, 15) is 0 Å². The maximum absolute atomic E-state index is 9.02. The van der Waals surface area contributed by atoms with Crippen molar-refractivity contribution in [1.82, 2.24) is 0 Å². The Morgan fingerprint density at radius 1 is 1.64 bits per heavy atom. The molecule has 0 aromatic rings. The summed E-state index contributed by atoms with van der Waals surface area (Å²) in [5.41, 5.74) is 0.561. The van der Waals surface area contributed by atoms with Gasteiger partial charge in [-0.3, -0.25) is 0 Å². The van der Waals surface area contributed by atoms with E-state index in [1.165, 1.54) is 7.11 Å². The van der Waals surface area contributed by atoms with Crippen molar-refractivity contribution in [2.75, 3.05) is 20.3 Å². The Kier molecular flexibility index (Phi) is 4.58. The van der Waals surface area contributed by atoms with Gasteiger partial charge in [0.1, 0.15) is 18.9 Å². The molecule has 14 heavy (non-hydrogen) atoms. The monoisotopic (exact) mass is 201 g/mol. The standard InChI is InChI=1S/C9H15NO4/c1-3-13-9-5-4-7(10-12-2)8(6-11)14-9/h4-5,8-9,11H,3,6H2,1-2H3. The summed E-state index contributed by atoms with van der Waals surface area (Å²) in [7, 11) is 1.45. The largest absolute Gasteiger partial charge is 0.399 e. The molecule has 0 aliphatic carbocycles. The van der Waals surface area contributed by atoms with Crippen LogP contribution in [0.1, 0.15) is 6.92 Å². The topological polar surface area (TPSA) is 60.3 Å². The molecule has 0 radical (unpaired) electrons. The minimum absolute atomic E-state index is 0.143. The number of aliphatic hydroxyl groups is 1. The van der Waals surface area contributed by atoms with Gasteiger partial charge in [0.15, 0.2) is 6.29 Å². The second-order valence-electron chi connectivity index (χ2n) is 2.69. The summed E-state index contributed by atoms with van der Waals surface area (Å²) in [5.74, 6) is 0. The van der Waals surface area contributed by atoms with Crippen LogP contribution in [-0.4, -0.2) is 43.5 Å². The Hall–Kier alpha value is -0.910. The van der Waals surface area contributed by atoms with Crippen LogP contribution < -0.4 is 0 Å². The molecule has 1 aliphatic heterocycles. The lowest BCUT2D eigenvalue weighted by molar-refractivity contribution is -0.133. The molecule has 1 rings (SSSR count). The van der Waals surface area contributed by atoms with Gasteiger partial charge in [-0.2, -0.15) is 0 Å². The summed E-state index contributed by atoms with van der Waals surface area (Å²) in [6, 6.07) is 0. The van der Waals surface area contributed by atoms with Crippen molar-refractivity contribution in [3.8, 4) is 0 Å². The quantitative estimate of drug-likeness (QED) is 0.664. The molecule has 0 spiro atoms. The minimum atomic E-state index is -0.475. The van der Waals surface area contributed by atoms with Crippen molar-refractivity contribution < 1.29 is 19.4 Å². The number of aliphatic hydroxyl groups excluding tert-OH is 1. The van der Waals surface area contributed by atoms with Crippen LogP contribution in [0.5, 0.6) is 0 Å². The van der Waals surface area contributed by atoms with E-state index in [0.717, 1.165) is 0 Å². The normalized spacial score (nSPS) is 29.5. The Morgan fingerprint density at radius 3 is 3.00 bits per heavy atom. The highest BCUT2D eigenvalue weighted by atomic mass is 16.7. The molecule has 1 heterocycles. The van der Waals surface area contributed by atoms with Gasteiger partial charge in [0.25, 0.3) is 0 Å². The molecule has 80 valence electrons. The van der Waals surface area contributed by atoms with Crippen LogP contribution in [0.4, 0.5) is 0 Å². The lowest BCUT2D eigenvalue weighted by Gasteiger charge is -2.24. The van der Waals surface area contributed by atoms with Crippen molar-refractivity contribution in [2.45, 2.75) is 19.3 Å². The van der Waals surface area contributed by atoms with Gasteiger partial charge in [-0.05, 0) is 19.1 Å². The van der Waals surface area contributed by atoms with E-state index in [0.29, 0.717) is 12.3 Å². The molecule has 1 N–H and O–H groups in total. The Labute approximate surface area is 82.9 Å². The average molecular weight is 201 g/mol. The van der Waals surface area contributed by atoms with Gasteiger partial charge >= 0.3 is 0 Å². The fraction of sp³-hybridized carbons (Fsp3) is 0.667. The first kappa shape index (κ1) is 11.2. The lowest BCUT2D eigenvalue weighted by atomic mass is 10.2. The first-order chi connectivity index (χ1) is 6.81. The molecular weight excluding hydrogens is 186 g/mol. The highest BCUT2D eigenvalue weighted by Gasteiger charge is 2.23. The molecular formula is C9H15NO4. The highest BCUT2D eigenvalue weighted by molar-refractivity contribution is 5.98. The van der Waals surface area contributed by atoms with Gasteiger partial charge < -0.3 is 19.4 Å². The van der Waals surface area contributed by atoms with Crippen LogP contribution in [-0.2, 0) is 14.3 Å². The minimum Gasteiger partial charge on any atom is -0.399 e. The van der Waals surface area contributed by atoms with Crippen molar-refractivity contribution >= 4 is 5.71 Å². The molecule has 0 bridgehead atoms. The van der Waals surface area contributed by atoms with Crippen LogP contribution in [0, 0.1) is 0 Å². The zero-order valence-corrected chi connectivity index (χ0v) is 8.34. The summed E-state index contributed by atoms with van der Waals surface area (Å²) < 4.78 is 10.6. The van der Waals surface area contributed by atoms with Crippen molar-refractivity contribution in [3.05, 3.63) is 12.2 Å². The van der Waals surface area contributed by atoms with Crippen LogP contribution in [0.3, 0.4) is 0 Å². The van der Waals surface area contributed by atoms with E-state index < -0.39 is 12.4 Å². The second-order valence-corrected chi connectivity index (χ2v) is 2.69. The molecule has 2 unspecified atom stereocenters. The first-order valence-corrected chi connectivity index (χ1v) is 4.49. The number of oxime groups is 1. The van der Waals surface area contributed by atoms with Gasteiger partial charge in [-0.25, -0.2) is 0 Å². The molecule has 0 aromatic heterocycles. The van der Waals surface area contributed by atoms with Gasteiger partial charge in [-0.15, -0.1) is 0 Å². The summed E-state index contributed by atoms with van der Waals surface area (Å²) in [5, 5.41) is 12.7. The van der Waals surface area contributed by atoms with E-state index in [1.807, 2.05) is 6.92 Å². The summed E-state index contributed by atoms with van der Waals surface area (Å²) in [6.07, 6.45) is 2.58. The van der Waals surface area contributed by atoms with Gasteiger partial charge in [0.2, 0.25) is 0 Å². The predicted octanol–water partition coefficient (Wildman–Crippen LogP) is 0.299. The summed E-state index contributed by atoms with van der Waals surface area (Å²) >= 11 is 0. The lowest BCUT2D eigenvalue weighted by Crippen LogP contribution is -2.36. The van der Waals surface area contributed by atoms with Crippen molar-refractivity contribution in [3.63, 3.8) is 0 Å². The fourth-order valence-electron chi connectivity index (χ4n) is 1.15. The molecule has 1 aliphatic rings. The molecule has 0 fully saturated rings. The second kappa shape index (κ2) is 5.74. The molecule has 2 atom stereocenters. The summed E-state index contributed by atoms with van der Waals surface area (Å²) in [6.45, 7) is 2.30. The van der Waals surface area contributed by atoms with E-state index >= 15 is 0 Å². The van der Waals surface area contributed by atoms with Gasteiger partial charge in [0.05, 0.1) is 6.61 Å².